The standard InChI is InChI=1S/C24H21FN4O3/c1-15-6-9-23-27-19(13-29(23)12-15)14-32-20-5-3-4-17(10-20)24(31)28-18-7-8-21(25)22(11-18)26-16(2)30/h3-13H,14H2,1-2H3,(H,26,30)(H,28,31). The van der Waals surface area contributed by atoms with Crippen LogP contribution in [0.4, 0.5) is 15.8 Å². The van der Waals surface area contributed by atoms with E-state index in [0.29, 0.717) is 17.0 Å². The maximum Gasteiger partial charge on any atom is 0.255 e. The molecule has 2 aromatic carbocycles. The summed E-state index contributed by atoms with van der Waals surface area (Å²) < 4.78 is 21.6. The van der Waals surface area contributed by atoms with Crippen molar-refractivity contribution < 1.29 is 18.7 Å². The van der Waals surface area contributed by atoms with Gasteiger partial charge in [-0.15, -0.1) is 0 Å². The number of pyridine rings is 1. The van der Waals surface area contributed by atoms with Crippen molar-refractivity contribution in [2.75, 3.05) is 10.6 Å². The molecule has 0 bridgehead atoms. The first kappa shape index (κ1) is 21.0. The number of hydrogen-bond acceptors (Lipinski definition) is 4. The van der Waals surface area contributed by atoms with E-state index in [1.54, 1.807) is 24.3 Å². The second kappa shape index (κ2) is 8.89. The Morgan fingerprint density at radius 2 is 1.91 bits per heavy atom. The Morgan fingerprint density at radius 3 is 2.72 bits per heavy atom. The number of carbonyl (C=O) groups is 2. The van der Waals surface area contributed by atoms with Gasteiger partial charge in [0.1, 0.15) is 23.8 Å². The lowest BCUT2D eigenvalue weighted by Crippen LogP contribution is -2.13. The van der Waals surface area contributed by atoms with Crippen LogP contribution in [0.15, 0.2) is 67.0 Å². The van der Waals surface area contributed by atoms with Crippen molar-refractivity contribution >= 4 is 28.8 Å². The van der Waals surface area contributed by atoms with Crippen molar-refractivity contribution in [3.05, 3.63) is 89.6 Å². The fraction of sp³-hybridized carbons (Fsp3) is 0.125. The first-order chi connectivity index (χ1) is 15.4. The summed E-state index contributed by atoms with van der Waals surface area (Å²) in [5.41, 5.74) is 3.45. The summed E-state index contributed by atoms with van der Waals surface area (Å²) in [5, 5.41) is 5.08. The average Bonchev–Trinajstić information content (AvgIpc) is 3.16. The summed E-state index contributed by atoms with van der Waals surface area (Å²) in [6.07, 6.45) is 3.89. The molecule has 0 aliphatic carbocycles. The molecule has 0 spiro atoms. The zero-order valence-electron chi connectivity index (χ0n) is 17.6. The predicted octanol–water partition coefficient (Wildman–Crippen LogP) is 4.57. The highest BCUT2D eigenvalue weighted by Gasteiger charge is 2.11. The van der Waals surface area contributed by atoms with Crippen molar-refractivity contribution in [1.29, 1.82) is 0 Å². The van der Waals surface area contributed by atoms with E-state index in [1.165, 1.54) is 25.1 Å². The highest BCUT2D eigenvalue weighted by Crippen LogP contribution is 2.21. The molecule has 2 aromatic heterocycles. The minimum atomic E-state index is -0.587. The highest BCUT2D eigenvalue weighted by atomic mass is 19.1. The number of nitrogens with zero attached hydrogens (tertiary/aromatic N) is 2. The molecule has 0 unspecified atom stereocenters. The van der Waals surface area contributed by atoms with E-state index >= 15 is 0 Å². The summed E-state index contributed by atoms with van der Waals surface area (Å²) in [7, 11) is 0. The van der Waals surface area contributed by atoms with E-state index in [2.05, 4.69) is 15.6 Å². The van der Waals surface area contributed by atoms with Crippen LogP contribution in [0.25, 0.3) is 5.65 Å². The average molecular weight is 432 g/mol. The summed E-state index contributed by atoms with van der Waals surface area (Å²) in [4.78, 5) is 28.4. The zero-order chi connectivity index (χ0) is 22.7. The first-order valence-corrected chi connectivity index (χ1v) is 9.93. The van der Waals surface area contributed by atoms with Crippen LogP contribution in [0.2, 0.25) is 0 Å². The van der Waals surface area contributed by atoms with Gasteiger partial charge in [-0.05, 0) is 55.0 Å². The van der Waals surface area contributed by atoms with Crippen molar-refractivity contribution in [3.63, 3.8) is 0 Å². The Labute approximate surface area is 183 Å². The number of fused-ring (bicyclic) bond motifs is 1. The molecule has 4 rings (SSSR count). The fourth-order valence-corrected chi connectivity index (χ4v) is 3.20. The Hall–Kier alpha value is -4.20. The number of anilines is 2. The van der Waals surface area contributed by atoms with E-state index in [0.717, 1.165) is 16.9 Å². The van der Waals surface area contributed by atoms with E-state index in [1.807, 2.05) is 35.9 Å². The van der Waals surface area contributed by atoms with Gasteiger partial charge in [0.2, 0.25) is 5.91 Å². The molecule has 32 heavy (non-hydrogen) atoms. The topological polar surface area (TPSA) is 84.7 Å². The second-order valence-electron chi connectivity index (χ2n) is 7.35. The van der Waals surface area contributed by atoms with Crippen LogP contribution in [0.5, 0.6) is 5.75 Å². The van der Waals surface area contributed by atoms with Crippen LogP contribution < -0.4 is 15.4 Å². The van der Waals surface area contributed by atoms with Crippen molar-refractivity contribution in [2.45, 2.75) is 20.5 Å². The molecule has 4 aromatic rings. The van der Waals surface area contributed by atoms with E-state index in [-0.39, 0.29) is 18.2 Å². The molecular formula is C24H21FN4O3. The Morgan fingerprint density at radius 1 is 1.06 bits per heavy atom. The smallest absolute Gasteiger partial charge is 0.255 e. The van der Waals surface area contributed by atoms with E-state index < -0.39 is 11.7 Å². The van der Waals surface area contributed by atoms with Crippen LogP contribution in [-0.2, 0) is 11.4 Å². The zero-order valence-corrected chi connectivity index (χ0v) is 17.6. The first-order valence-electron chi connectivity index (χ1n) is 9.93. The third-order valence-corrected chi connectivity index (χ3v) is 4.67. The van der Waals surface area contributed by atoms with Crippen LogP contribution >= 0.6 is 0 Å². The Bertz CT molecular complexity index is 1320. The van der Waals surface area contributed by atoms with Gasteiger partial charge in [0, 0.05) is 30.6 Å². The lowest BCUT2D eigenvalue weighted by Gasteiger charge is -2.10. The molecule has 0 aliphatic rings. The molecule has 7 nitrogen and oxygen atoms in total. The molecule has 0 fully saturated rings. The van der Waals surface area contributed by atoms with Gasteiger partial charge in [-0.1, -0.05) is 12.1 Å². The maximum atomic E-state index is 13.8. The van der Waals surface area contributed by atoms with Gasteiger partial charge in [-0.25, -0.2) is 9.37 Å². The van der Waals surface area contributed by atoms with Crippen molar-refractivity contribution in [3.8, 4) is 5.75 Å². The minimum Gasteiger partial charge on any atom is -0.487 e. The molecule has 0 aliphatic heterocycles. The minimum absolute atomic E-state index is 0.00460. The van der Waals surface area contributed by atoms with E-state index in [4.69, 9.17) is 4.74 Å². The van der Waals surface area contributed by atoms with Crippen LogP contribution in [0.3, 0.4) is 0 Å². The van der Waals surface area contributed by atoms with Crippen LogP contribution in [0.1, 0.15) is 28.5 Å². The molecule has 2 amide bonds. The summed E-state index contributed by atoms with van der Waals surface area (Å²) in [6.45, 7) is 3.55. The maximum absolute atomic E-state index is 13.8. The van der Waals surface area contributed by atoms with Gasteiger partial charge in [-0.2, -0.15) is 0 Å². The number of halogens is 1. The molecule has 162 valence electrons. The second-order valence-corrected chi connectivity index (χ2v) is 7.35. The normalized spacial score (nSPS) is 10.7. The number of aromatic nitrogens is 2. The van der Waals surface area contributed by atoms with Crippen LogP contribution in [0, 0.1) is 12.7 Å². The molecule has 2 N–H and O–H groups in total. The van der Waals surface area contributed by atoms with Crippen LogP contribution in [-0.4, -0.2) is 21.2 Å². The number of ether oxygens (including phenoxy) is 1. The Kier molecular flexibility index (Phi) is 5.85. The summed E-state index contributed by atoms with van der Waals surface area (Å²) >= 11 is 0. The number of aryl methyl sites for hydroxylation is 1. The van der Waals surface area contributed by atoms with Crippen molar-refractivity contribution in [1.82, 2.24) is 9.38 Å². The van der Waals surface area contributed by atoms with E-state index in [9.17, 15) is 14.0 Å². The number of imidazole rings is 1. The fourth-order valence-electron chi connectivity index (χ4n) is 3.20. The van der Waals surface area contributed by atoms with Gasteiger partial charge in [0.15, 0.2) is 0 Å². The molecule has 0 saturated carbocycles. The number of benzene rings is 2. The Balaban J connectivity index is 1.44. The number of nitrogens with one attached hydrogen (secondary N) is 2. The molecular weight excluding hydrogens is 411 g/mol. The molecule has 0 saturated heterocycles. The molecule has 0 radical (unpaired) electrons. The number of hydrogen-bond donors (Lipinski definition) is 2. The van der Waals surface area contributed by atoms with Gasteiger partial charge in [0.25, 0.3) is 5.91 Å². The SMILES string of the molecule is CC(=O)Nc1cc(NC(=O)c2cccc(OCc3cn4cc(C)ccc4n3)c2)ccc1F. The highest BCUT2D eigenvalue weighted by molar-refractivity contribution is 6.05. The number of amides is 2. The quantitative estimate of drug-likeness (QED) is 0.467. The predicted molar refractivity (Wildman–Crippen MR) is 119 cm³/mol. The molecule has 2 heterocycles. The lowest BCUT2D eigenvalue weighted by molar-refractivity contribution is -0.114. The van der Waals surface area contributed by atoms with Crippen molar-refractivity contribution in [2.24, 2.45) is 0 Å². The lowest BCUT2D eigenvalue weighted by atomic mass is 10.2. The number of carbonyl (C=O) groups excluding carboxylic acids is 2. The third-order valence-electron chi connectivity index (χ3n) is 4.67. The third kappa shape index (κ3) is 4.92. The van der Waals surface area contributed by atoms with Gasteiger partial charge in [-0.3, -0.25) is 9.59 Å². The van der Waals surface area contributed by atoms with Gasteiger partial charge >= 0.3 is 0 Å². The number of rotatable bonds is 6. The monoisotopic (exact) mass is 432 g/mol. The molecule has 8 heteroatoms. The largest absolute Gasteiger partial charge is 0.487 e. The summed E-state index contributed by atoms with van der Waals surface area (Å²) in [5.74, 6) is -0.864. The summed E-state index contributed by atoms with van der Waals surface area (Å²) in [6, 6.07) is 14.6. The molecule has 0 atom stereocenters. The van der Waals surface area contributed by atoms with Gasteiger partial charge < -0.3 is 19.8 Å². The van der Waals surface area contributed by atoms with Gasteiger partial charge in [0.05, 0.1) is 11.4 Å².